The fourth-order valence-electron chi connectivity index (χ4n) is 4.14. The normalized spacial score (nSPS) is 22.5. The minimum atomic E-state index is -1.16. The van der Waals surface area contributed by atoms with Gasteiger partial charge in [0.25, 0.3) is 5.91 Å². The van der Waals surface area contributed by atoms with Gasteiger partial charge in [0.1, 0.15) is 11.9 Å². The summed E-state index contributed by atoms with van der Waals surface area (Å²) < 4.78 is 0. The summed E-state index contributed by atoms with van der Waals surface area (Å²) in [6, 6.07) is 10.7. The summed E-state index contributed by atoms with van der Waals surface area (Å²) in [5, 5.41) is 14.6. The van der Waals surface area contributed by atoms with E-state index in [2.05, 4.69) is 31.6 Å². The van der Waals surface area contributed by atoms with E-state index in [-0.39, 0.29) is 11.8 Å². The van der Waals surface area contributed by atoms with E-state index in [1.807, 2.05) is 19.1 Å². The van der Waals surface area contributed by atoms with Crippen molar-refractivity contribution in [2.24, 2.45) is 5.92 Å². The summed E-state index contributed by atoms with van der Waals surface area (Å²) in [6.07, 6.45) is 2.94. The van der Waals surface area contributed by atoms with Crippen LogP contribution in [0, 0.1) is 24.2 Å². The molecule has 2 saturated heterocycles. The smallest absolute Gasteiger partial charge is 0.322 e. The molecule has 3 amide bonds. The first-order valence-electron chi connectivity index (χ1n) is 9.22. The zero-order valence-electron chi connectivity index (χ0n) is 15.5. The van der Waals surface area contributed by atoms with E-state index in [1.165, 1.54) is 0 Å². The molecular weight excluding hydrogens is 356 g/mol. The lowest BCUT2D eigenvalue weighted by molar-refractivity contribution is -0.126. The zero-order chi connectivity index (χ0) is 19.7. The number of urea groups is 1. The fraction of sp³-hybridized carbons (Fsp3) is 0.350. The lowest BCUT2D eigenvalue weighted by Gasteiger charge is -2.40. The largest absolute Gasteiger partial charge is 0.355 e. The Balaban J connectivity index is 1.62. The van der Waals surface area contributed by atoms with E-state index in [0.29, 0.717) is 43.0 Å². The third kappa shape index (κ3) is 2.85. The minimum Gasteiger partial charge on any atom is -0.355 e. The Morgan fingerprint density at radius 2 is 2.00 bits per heavy atom. The Hall–Kier alpha value is -3.47. The second-order valence-corrected chi connectivity index (χ2v) is 7.13. The van der Waals surface area contributed by atoms with Crippen LogP contribution in [0.5, 0.6) is 0 Å². The highest BCUT2D eigenvalue weighted by Gasteiger charge is 2.54. The summed E-state index contributed by atoms with van der Waals surface area (Å²) >= 11 is 0. The second-order valence-electron chi connectivity index (χ2n) is 7.13. The molecule has 2 aliphatic heterocycles. The van der Waals surface area contributed by atoms with Crippen molar-refractivity contribution in [3.8, 4) is 6.07 Å². The van der Waals surface area contributed by atoms with Crippen LogP contribution in [-0.2, 0) is 10.3 Å². The molecule has 8 heteroatoms. The van der Waals surface area contributed by atoms with E-state index >= 15 is 0 Å². The van der Waals surface area contributed by atoms with Crippen LogP contribution in [0.2, 0.25) is 0 Å². The number of hydrogen-bond acceptors (Lipinski definition) is 6. The van der Waals surface area contributed by atoms with Crippen molar-refractivity contribution in [3.05, 3.63) is 53.5 Å². The molecule has 2 aromatic heterocycles. The Morgan fingerprint density at radius 3 is 2.61 bits per heavy atom. The monoisotopic (exact) mass is 376 g/mol. The summed E-state index contributed by atoms with van der Waals surface area (Å²) in [6.45, 7) is 3.16. The lowest BCUT2D eigenvalue weighted by Crippen LogP contribution is -2.54. The number of carbonyl (C=O) groups is 2. The van der Waals surface area contributed by atoms with Gasteiger partial charge in [0, 0.05) is 30.9 Å². The van der Waals surface area contributed by atoms with E-state index in [4.69, 9.17) is 0 Å². The Morgan fingerprint density at radius 1 is 1.21 bits per heavy atom. The Labute approximate surface area is 162 Å². The molecule has 8 nitrogen and oxygen atoms in total. The molecule has 0 bridgehead atoms. The van der Waals surface area contributed by atoms with Gasteiger partial charge in [0.05, 0.1) is 11.3 Å². The molecule has 4 heterocycles. The van der Waals surface area contributed by atoms with Crippen LogP contribution in [0.25, 0.3) is 0 Å². The molecule has 0 spiro atoms. The molecule has 2 N–H and O–H groups in total. The summed E-state index contributed by atoms with van der Waals surface area (Å²) in [4.78, 5) is 35.7. The van der Waals surface area contributed by atoms with Gasteiger partial charge in [-0.05, 0) is 44.0 Å². The van der Waals surface area contributed by atoms with Crippen LogP contribution in [-0.4, -0.2) is 35.0 Å². The molecule has 0 aliphatic carbocycles. The maximum atomic E-state index is 12.8. The number of nitrogens with one attached hydrogen (secondary N) is 2. The maximum absolute atomic E-state index is 12.8. The molecule has 2 aromatic rings. The minimum absolute atomic E-state index is 0.111. The van der Waals surface area contributed by atoms with Gasteiger partial charge < -0.3 is 10.2 Å². The molecule has 0 aromatic carbocycles. The van der Waals surface area contributed by atoms with Crippen LogP contribution >= 0.6 is 0 Å². The molecule has 2 fully saturated rings. The molecule has 1 atom stereocenters. The van der Waals surface area contributed by atoms with Gasteiger partial charge in [-0.1, -0.05) is 6.07 Å². The maximum Gasteiger partial charge on any atom is 0.322 e. The number of rotatable bonds is 3. The lowest BCUT2D eigenvalue weighted by atomic mass is 9.75. The van der Waals surface area contributed by atoms with Gasteiger partial charge in [-0.3, -0.25) is 15.1 Å². The van der Waals surface area contributed by atoms with Crippen LogP contribution in [0.1, 0.15) is 29.8 Å². The van der Waals surface area contributed by atoms with E-state index < -0.39 is 11.6 Å². The van der Waals surface area contributed by atoms with Crippen molar-refractivity contribution in [1.82, 2.24) is 20.6 Å². The topological polar surface area (TPSA) is 111 Å². The van der Waals surface area contributed by atoms with E-state index in [9.17, 15) is 14.9 Å². The molecule has 0 unspecified atom stereocenters. The first kappa shape index (κ1) is 17.9. The number of aryl methyl sites for hydroxylation is 1. The number of aromatic nitrogens is 2. The van der Waals surface area contributed by atoms with Crippen molar-refractivity contribution < 1.29 is 9.59 Å². The van der Waals surface area contributed by atoms with Gasteiger partial charge in [0.15, 0.2) is 5.54 Å². The summed E-state index contributed by atoms with van der Waals surface area (Å²) in [7, 11) is 0. The third-order valence-electron chi connectivity index (χ3n) is 5.51. The fourth-order valence-corrected chi connectivity index (χ4v) is 4.14. The molecule has 142 valence electrons. The van der Waals surface area contributed by atoms with Crippen molar-refractivity contribution in [1.29, 1.82) is 5.26 Å². The predicted molar refractivity (Wildman–Crippen MR) is 101 cm³/mol. The Kier molecular flexibility index (Phi) is 4.43. The molecule has 0 saturated carbocycles. The zero-order valence-corrected chi connectivity index (χ0v) is 15.5. The van der Waals surface area contributed by atoms with Gasteiger partial charge in [-0.2, -0.15) is 5.26 Å². The molecule has 28 heavy (non-hydrogen) atoms. The van der Waals surface area contributed by atoms with Crippen LogP contribution in [0.3, 0.4) is 0 Å². The first-order valence-corrected chi connectivity index (χ1v) is 9.22. The molecule has 2 aliphatic rings. The van der Waals surface area contributed by atoms with Gasteiger partial charge in [-0.15, -0.1) is 0 Å². The van der Waals surface area contributed by atoms with Crippen molar-refractivity contribution >= 4 is 17.8 Å². The predicted octanol–water partition coefficient (Wildman–Crippen LogP) is 1.61. The van der Waals surface area contributed by atoms with Gasteiger partial charge in [0.2, 0.25) is 0 Å². The van der Waals surface area contributed by atoms with Gasteiger partial charge in [-0.25, -0.2) is 9.78 Å². The highest BCUT2D eigenvalue weighted by atomic mass is 16.2. The average molecular weight is 376 g/mol. The molecular formula is C20H20N6O2. The number of carbonyl (C=O) groups excluding carboxylic acids is 2. The standard InChI is InChI=1S/C20H20N6O2/c1-13-5-6-14(12-21)17(23-13)26-10-7-15(8-11-26)20(16-4-2-3-9-22-16)18(27)24-19(28)25-20/h2-6,9,15H,7-8,10-11H2,1H3,(H2,24,25,27,28)/t20-/m1/s1. The summed E-state index contributed by atoms with van der Waals surface area (Å²) in [5.41, 5.74) is 0.768. The number of hydrogen-bond donors (Lipinski definition) is 2. The van der Waals surface area contributed by atoms with E-state index in [1.54, 1.807) is 24.4 Å². The van der Waals surface area contributed by atoms with Gasteiger partial charge >= 0.3 is 6.03 Å². The number of imide groups is 1. The SMILES string of the molecule is Cc1ccc(C#N)c(N2CCC([C@]3(c4ccccn4)NC(=O)NC3=O)CC2)n1. The number of nitriles is 1. The Bertz CT molecular complexity index is 962. The highest BCUT2D eigenvalue weighted by Crippen LogP contribution is 2.39. The van der Waals surface area contributed by atoms with Crippen molar-refractivity contribution in [3.63, 3.8) is 0 Å². The number of nitrogens with zero attached hydrogens (tertiary/aromatic N) is 4. The quantitative estimate of drug-likeness (QED) is 0.788. The first-order chi connectivity index (χ1) is 13.5. The molecule has 4 rings (SSSR count). The highest BCUT2D eigenvalue weighted by molar-refractivity contribution is 6.07. The number of amides is 3. The summed E-state index contributed by atoms with van der Waals surface area (Å²) in [5.74, 6) is 0.203. The number of anilines is 1. The number of pyridine rings is 2. The average Bonchev–Trinajstić information content (AvgIpc) is 3.03. The molecule has 0 radical (unpaired) electrons. The second kappa shape index (κ2) is 6.93. The van der Waals surface area contributed by atoms with E-state index in [0.717, 1.165) is 5.69 Å². The van der Waals surface area contributed by atoms with Crippen molar-refractivity contribution in [2.45, 2.75) is 25.3 Å². The van der Waals surface area contributed by atoms with Crippen molar-refractivity contribution in [2.75, 3.05) is 18.0 Å². The van der Waals surface area contributed by atoms with Crippen LogP contribution in [0.4, 0.5) is 10.6 Å². The number of piperidine rings is 1. The third-order valence-corrected chi connectivity index (χ3v) is 5.51. The van der Waals surface area contributed by atoms with Crippen LogP contribution < -0.4 is 15.5 Å². The van der Waals surface area contributed by atoms with Crippen LogP contribution in [0.15, 0.2) is 36.5 Å².